The Morgan fingerprint density at radius 3 is 2.46 bits per heavy atom. The molecule has 0 aliphatic carbocycles. The number of aromatic amines is 1. The SMILES string of the molecule is C=NC(/N=C\CC)C(=C)C=N.CN.Cc1c[nH]c(COCc2ccccc2)c1. The topological polar surface area (TPSA) is 99.6 Å². The number of aryl methyl sites for hydroxylation is 1. The van der Waals surface area contributed by atoms with Gasteiger partial charge in [0.15, 0.2) is 6.17 Å². The van der Waals surface area contributed by atoms with Crippen LogP contribution in [0.2, 0.25) is 0 Å². The number of hydrogen-bond acceptors (Lipinski definition) is 5. The molecular formula is C22H33N5O. The van der Waals surface area contributed by atoms with Gasteiger partial charge in [-0.3, -0.25) is 9.98 Å². The molecule has 4 N–H and O–H groups in total. The third-order valence-corrected chi connectivity index (χ3v) is 3.38. The fraction of sp³-hybridized carbons (Fsp3) is 0.318. The van der Waals surface area contributed by atoms with Gasteiger partial charge >= 0.3 is 0 Å². The Balaban J connectivity index is 0.000000502. The van der Waals surface area contributed by atoms with Crippen molar-refractivity contribution in [2.75, 3.05) is 7.05 Å². The monoisotopic (exact) mass is 383 g/mol. The molecule has 0 aliphatic rings. The lowest BCUT2D eigenvalue weighted by Crippen LogP contribution is -2.04. The van der Waals surface area contributed by atoms with Gasteiger partial charge in [-0.15, -0.1) is 0 Å². The highest BCUT2D eigenvalue weighted by atomic mass is 16.5. The highest BCUT2D eigenvalue weighted by molar-refractivity contribution is 5.77. The number of aliphatic imine (C=N–C) groups is 2. The number of nitrogens with one attached hydrogen (secondary N) is 2. The van der Waals surface area contributed by atoms with E-state index in [1.165, 1.54) is 18.2 Å². The lowest BCUT2D eigenvalue weighted by atomic mass is 10.2. The summed E-state index contributed by atoms with van der Waals surface area (Å²) in [6, 6.07) is 12.3. The molecule has 0 radical (unpaired) electrons. The second kappa shape index (κ2) is 16.4. The molecule has 0 bridgehead atoms. The van der Waals surface area contributed by atoms with Gasteiger partial charge in [-0.1, -0.05) is 43.8 Å². The van der Waals surface area contributed by atoms with Crippen LogP contribution in [0.5, 0.6) is 0 Å². The van der Waals surface area contributed by atoms with Gasteiger partial charge in [0, 0.05) is 29.9 Å². The highest BCUT2D eigenvalue weighted by Crippen LogP contribution is 2.06. The van der Waals surface area contributed by atoms with Crippen molar-refractivity contribution in [2.24, 2.45) is 15.7 Å². The summed E-state index contributed by atoms with van der Waals surface area (Å²) in [7, 11) is 1.50. The van der Waals surface area contributed by atoms with Crippen molar-refractivity contribution in [3.63, 3.8) is 0 Å². The van der Waals surface area contributed by atoms with Gasteiger partial charge in [-0.25, -0.2) is 0 Å². The summed E-state index contributed by atoms with van der Waals surface area (Å²) < 4.78 is 5.59. The van der Waals surface area contributed by atoms with Crippen LogP contribution in [0.15, 0.2) is 64.7 Å². The van der Waals surface area contributed by atoms with E-state index < -0.39 is 0 Å². The van der Waals surface area contributed by atoms with Crippen LogP contribution >= 0.6 is 0 Å². The average Bonchev–Trinajstić information content (AvgIpc) is 3.16. The van der Waals surface area contributed by atoms with Crippen LogP contribution in [0, 0.1) is 12.3 Å². The number of benzene rings is 1. The summed E-state index contributed by atoms with van der Waals surface area (Å²) in [6.45, 7) is 12.3. The van der Waals surface area contributed by atoms with Crippen LogP contribution in [0.25, 0.3) is 0 Å². The normalized spacial score (nSPS) is 10.9. The zero-order valence-corrected chi connectivity index (χ0v) is 17.2. The van der Waals surface area contributed by atoms with Crippen molar-refractivity contribution < 1.29 is 4.74 Å². The number of nitrogens with two attached hydrogens (primary N) is 1. The van der Waals surface area contributed by atoms with Crippen molar-refractivity contribution in [1.82, 2.24) is 4.98 Å². The van der Waals surface area contributed by atoms with E-state index in [0.717, 1.165) is 18.3 Å². The molecule has 6 heteroatoms. The van der Waals surface area contributed by atoms with Crippen molar-refractivity contribution in [3.8, 4) is 0 Å². The average molecular weight is 384 g/mol. The Kier molecular flexibility index (Phi) is 14.7. The molecular weight excluding hydrogens is 350 g/mol. The molecule has 1 heterocycles. The fourth-order valence-electron chi connectivity index (χ4n) is 2.04. The molecule has 1 aromatic heterocycles. The van der Waals surface area contributed by atoms with Gasteiger partial charge in [-0.05, 0) is 44.3 Å². The quantitative estimate of drug-likeness (QED) is 0.562. The predicted octanol–water partition coefficient (Wildman–Crippen LogP) is 4.31. The summed E-state index contributed by atoms with van der Waals surface area (Å²) in [5.41, 5.74) is 8.64. The summed E-state index contributed by atoms with van der Waals surface area (Å²) in [4.78, 5) is 10.9. The van der Waals surface area contributed by atoms with E-state index in [0.29, 0.717) is 18.8 Å². The van der Waals surface area contributed by atoms with E-state index in [9.17, 15) is 0 Å². The third kappa shape index (κ3) is 11.0. The van der Waals surface area contributed by atoms with Crippen LogP contribution in [0.1, 0.15) is 30.2 Å². The molecule has 0 spiro atoms. The zero-order valence-electron chi connectivity index (χ0n) is 17.2. The summed E-state index contributed by atoms with van der Waals surface area (Å²) >= 11 is 0. The summed E-state index contributed by atoms with van der Waals surface area (Å²) in [6.07, 6.45) is 5.37. The fourth-order valence-corrected chi connectivity index (χ4v) is 2.04. The van der Waals surface area contributed by atoms with Crippen molar-refractivity contribution in [2.45, 2.75) is 39.6 Å². The van der Waals surface area contributed by atoms with Crippen LogP contribution in [0.4, 0.5) is 0 Å². The van der Waals surface area contributed by atoms with Crippen molar-refractivity contribution in [1.29, 1.82) is 5.41 Å². The summed E-state index contributed by atoms with van der Waals surface area (Å²) in [5, 5.41) is 6.89. The Morgan fingerprint density at radius 2 is 1.96 bits per heavy atom. The molecule has 0 fully saturated rings. The second-order valence-corrected chi connectivity index (χ2v) is 5.70. The largest absolute Gasteiger partial charge is 0.371 e. The van der Waals surface area contributed by atoms with Gasteiger partial charge in [0.05, 0.1) is 13.2 Å². The van der Waals surface area contributed by atoms with Gasteiger partial charge in [-0.2, -0.15) is 0 Å². The molecule has 2 aromatic rings. The lowest BCUT2D eigenvalue weighted by Gasteiger charge is -2.03. The number of hydrogen-bond donors (Lipinski definition) is 3. The minimum Gasteiger partial charge on any atom is -0.371 e. The molecule has 6 nitrogen and oxygen atoms in total. The van der Waals surface area contributed by atoms with Crippen LogP contribution in [-0.2, 0) is 18.0 Å². The minimum atomic E-state index is -0.368. The van der Waals surface area contributed by atoms with Crippen LogP contribution < -0.4 is 5.73 Å². The number of rotatable bonds is 9. The molecule has 152 valence electrons. The standard InChI is InChI=1S/C13H15NO.C8H13N3.CH5N/c1-11-7-13(14-8-11)10-15-9-12-5-3-2-4-6-12;1-4-5-11-8(10-3)7(2)6-9;1-2/h2-8,14H,9-10H2,1H3;5-6,8-9H,2-4H2,1H3;2H2,1H3/b;9-6?,11-5-;. The van der Waals surface area contributed by atoms with Gasteiger partial charge in [0.2, 0.25) is 0 Å². The van der Waals surface area contributed by atoms with E-state index in [1.807, 2.05) is 31.3 Å². The zero-order chi connectivity index (χ0) is 21.2. The maximum atomic E-state index is 6.89. The van der Waals surface area contributed by atoms with E-state index in [-0.39, 0.29) is 6.17 Å². The molecule has 0 amide bonds. The van der Waals surface area contributed by atoms with Crippen LogP contribution in [0.3, 0.4) is 0 Å². The van der Waals surface area contributed by atoms with Gasteiger partial charge in [0.1, 0.15) is 0 Å². The number of nitrogens with zero attached hydrogens (tertiary/aromatic N) is 2. The Morgan fingerprint density at radius 1 is 1.29 bits per heavy atom. The minimum absolute atomic E-state index is 0.368. The molecule has 0 saturated carbocycles. The molecule has 0 saturated heterocycles. The Bertz CT molecular complexity index is 707. The molecule has 1 unspecified atom stereocenters. The first-order valence-electron chi connectivity index (χ1n) is 9.10. The predicted molar refractivity (Wildman–Crippen MR) is 121 cm³/mol. The third-order valence-electron chi connectivity index (χ3n) is 3.38. The number of ether oxygens (including phenoxy) is 1. The second-order valence-electron chi connectivity index (χ2n) is 5.70. The maximum absolute atomic E-state index is 6.89. The molecule has 2 rings (SSSR count). The van der Waals surface area contributed by atoms with E-state index in [1.54, 1.807) is 6.21 Å². The Hall–Kier alpha value is -2.83. The molecule has 1 atom stereocenters. The molecule has 1 aromatic carbocycles. The molecule has 0 aliphatic heterocycles. The lowest BCUT2D eigenvalue weighted by molar-refractivity contribution is 0.105. The number of H-pyrrole nitrogens is 1. The first-order chi connectivity index (χ1) is 13.6. The molecule has 28 heavy (non-hydrogen) atoms. The number of aromatic nitrogens is 1. The maximum Gasteiger partial charge on any atom is 0.164 e. The van der Waals surface area contributed by atoms with E-state index >= 15 is 0 Å². The first kappa shape index (κ1) is 25.2. The van der Waals surface area contributed by atoms with E-state index in [4.69, 9.17) is 10.1 Å². The first-order valence-corrected chi connectivity index (χ1v) is 9.10. The smallest absolute Gasteiger partial charge is 0.164 e. The highest BCUT2D eigenvalue weighted by Gasteiger charge is 2.02. The van der Waals surface area contributed by atoms with Crippen molar-refractivity contribution in [3.05, 3.63) is 71.6 Å². The summed E-state index contributed by atoms with van der Waals surface area (Å²) in [5.74, 6) is 0. The van der Waals surface area contributed by atoms with Crippen molar-refractivity contribution >= 4 is 19.1 Å². The van der Waals surface area contributed by atoms with Gasteiger partial charge in [0.25, 0.3) is 0 Å². The van der Waals surface area contributed by atoms with E-state index in [2.05, 4.69) is 59.1 Å². The Labute approximate surface area is 168 Å². The van der Waals surface area contributed by atoms with Gasteiger partial charge < -0.3 is 20.9 Å². The van der Waals surface area contributed by atoms with Crippen LogP contribution in [-0.4, -0.2) is 37.3 Å².